The Kier molecular flexibility index (Phi) is 7.50. The zero-order valence-corrected chi connectivity index (χ0v) is 21.3. The van der Waals surface area contributed by atoms with Gasteiger partial charge >= 0.3 is 6.61 Å². The molecule has 5 rings (SSSR count). The summed E-state index contributed by atoms with van der Waals surface area (Å²) >= 11 is 0. The van der Waals surface area contributed by atoms with Gasteiger partial charge in [0.1, 0.15) is 5.75 Å². The van der Waals surface area contributed by atoms with Crippen molar-refractivity contribution < 1.29 is 18.3 Å². The third-order valence-corrected chi connectivity index (χ3v) is 6.93. The zero-order chi connectivity index (χ0) is 26.6. The van der Waals surface area contributed by atoms with Crippen LogP contribution < -0.4 is 15.4 Å². The smallest absolute Gasteiger partial charge is 0.387 e. The van der Waals surface area contributed by atoms with E-state index in [0.29, 0.717) is 29.5 Å². The number of piperidine rings is 1. The molecule has 0 bridgehead atoms. The molecule has 2 aromatic heterocycles. The van der Waals surface area contributed by atoms with Crippen LogP contribution in [0, 0.1) is 12.8 Å². The summed E-state index contributed by atoms with van der Waals surface area (Å²) in [5.74, 6) is 1.11. The first-order valence-corrected chi connectivity index (χ1v) is 12.6. The second-order valence-electron chi connectivity index (χ2n) is 9.63. The lowest BCUT2D eigenvalue weighted by Crippen LogP contribution is -2.37. The van der Waals surface area contributed by atoms with Crippen LogP contribution in [0.2, 0.25) is 0 Å². The van der Waals surface area contributed by atoms with Crippen molar-refractivity contribution in [1.29, 1.82) is 0 Å². The summed E-state index contributed by atoms with van der Waals surface area (Å²) in [6.07, 6.45) is 7.35. The van der Waals surface area contributed by atoms with Crippen molar-refractivity contribution >= 4 is 23.1 Å². The fourth-order valence-electron chi connectivity index (χ4n) is 4.76. The van der Waals surface area contributed by atoms with E-state index in [1.807, 2.05) is 29.5 Å². The van der Waals surface area contributed by atoms with Crippen molar-refractivity contribution in [2.75, 3.05) is 32.0 Å². The lowest BCUT2D eigenvalue weighted by Gasteiger charge is -2.29. The van der Waals surface area contributed by atoms with E-state index in [0.717, 1.165) is 48.4 Å². The van der Waals surface area contributed by atoms with Crippen LogP contribution in [0.4, 0.5) is 20.3 Å². The van der Waals surface area contributed by atoms with Gasteiger partial charge in [0.05, 0.1) is 11.9 Å². The molecule has 0 aliphatic carbocycles. The van der Waals surface area contributed by atoms with Crippen molar-refractivity contribution in [2.45, 2.75) is 26.4 Å². The number of carbonyl (C=O) groups is 1. The molecule has 0 radical (unpaired) electrons. The Morgan fingerprint density at radius 2 is 1.89 bits per heavy atom. The van der Waals surface area contributed by atoms with Crippen molar-refractivity contribution in [1.82, 2.24) is 24.6 Å². The number of hydrogen-bond donors (Lipinski definition) is 2. The lowest BCUT2D eigenvalue weighted by molar-refractivity contribution is -0.0498. The highest BCUT2D eigenvalue weighted by molar-refractivity contribution is 5.96. The molecule has 0 unspecified atom stereocenters. The van der Waals surface area contributed by atoms with E-state index in [4.69, 9.17) is 0 Å². The highest BCUT2D eigenvalue weighted by Crippen LogP contribution is 2.27. The summed E-state index contributed by atoms with van der Waals surface area (Å²) in [5, 5.41) is 6.40. The van der Waals surface area contributed by atoms with Crippen molar-refractivity contribution in [3.8, 4) is 17.0 Å². The number of ether oxygens (including phenoxy) is 1. The standard InChI is InChI=1S/C28H30F2N6O2/c1-18-15-21(5-8-23(18)27(37)33-16-19-9-12-35(2)13-10-19)34-25-26-32-17-24(36(26)14-11-31-25)20-3-6-22(7-4-20)38-28(29)30/h3-8,11,14-15,17,19,28H,9-10,12-13,16H2,1-2H3,(H,31,34)(H,33,37). The number of nitrogens with zero attached hydrogens (tertiary/aromatic N) is 4. The Morgan fingerprint density at radius 1 is 1.13 bits per heavy atom. The predicted octanol–water partition coefficient (Wildman–Crippen LogP) is 5.12. The Hall–Kier alpha value is -4.05. The number of benzene rings is 2. The average molecular weight is 521 g/mol. The van der Waals surface area contributed by atoms with Crippen molar-refractivity contribution in [3.05, 3.63) is 72.2 Å². The van der Waals surface area contributed by atoms with E-state index in [9.17, 15) is 13.6 Å². The third-order valence-electron chi connectivity index (χ3n) is 6.93. The minimum atomic E-state index is -2.87. The molecule has 1 fully saturated rings. The summed E-state index contributed by atoms with van der Waals surface area (Å²) in [7, 11) is 2.13. The minimum Gasteiger partial charge on any atom is -0.435 e. The number of amides is 1. The molecule has 38 heavy (non-hydrogen) atoms. The number of likely N-dealkylation sites (tertiary alicyclic amines) is 1. The number of rotatable bonds is 8. The van der Waals surface area contributed by atoms with Gasteiger partial charge in [0, 0.05) is 35.8 Å². The van der Waals surface area contributed by atoms with Gasteiger partial charge in [-0.25, -0.2) is 9.97 Å². The van der Waals surface area contributed by atoms with E-state index < -0.39 is 6.61 Å². The molecule has 4 aromatic rings. The Labute approximate surface area is 219 Å². The molecule has 198 valence electrons. The monoisotopic (exact) mass is 520 g/mol. The highest BCUT2D eigenvalue weighted by atomic mass is 19.3. The predicted molar refractivity (Wildman–Crippen MR) is 142 cm³/mol. The molecule has 8 nitrogen and oxygen atoms in total. The summed E-state index contributed by atoms with van der Waals surface area (Å²) in [6, 6.07) is 12.0. The Balaban J connectivity index is 1.28. The van der Waals surface area contributed by atoms with Crippen LogP contribution in [0.3, 0.4) is 0 Å². The normalized spacial score (nSPS) is 14.7. The molecular weight excluding hydrogens is 490 g/mol. The van der Waals surface area contributed by atoms with E-state index in [1.165, 1.54) is 12.1 Å². The maximum absolute atomic E-state index is 12.8. The second-order valence-corrected chi connectivity index (χ2v) is 9.63. The van der Waals surface area contributed by atoms with Crippen LogP contribution in [0.1, 0.15) is 28.8 Å². The molecule has 1 amide bonds. The summed E-state index contributed by atoms with van der Waals surface area (Å²) < 4.78 is 31.2. The second kappa shape index (κ2) is 11.1. The number of hydrogen-bond acceptors (Lipinski definition) is 6. The van der Waals surface area contributed by atoms with Gasteiger partial charge in [-0.3, -0.25) is 9.20 Å². The fraction of sp³-hybridized carbons (Fsp3) is 0.321. The van der Waals surface area contributed by atoms with Gasteiger partial charge in [0.2, 0.25) is 0 Å². The first kappa shape index (κ1) is 25.6. The summed E-state index contributed by atoms with van der Waals surface area (Å²) in [6.45, 7) is 1.89. The van der Waals surface area contributed by atoms with Crippen molar-refractivity contribution in [2.24, 2.45) is 5.92 Å². The number of alkyl halides is 2. The fourth-order valence-corrected chi connectivity index (χ4v) is 4.76. The number of aromatic nitrogens is 3. The van der Waals surface area contributed by atoms with Gasteiger partial charge < -0.3 is 20.3 Å². The molecule has 0 spiro atoms. The first-order valence-electron chi connectivity index (χ1n) is 12.6. The van der Waals surface area contributed by atoms with Gasteiger partial charge in [-0.15, -0.1) is 0 Å². The van der Waals surface area contributed by atoms with Crippen LogP contribution in [0.5, 0.6) is 5.75 Å². The average Bonchev–Trinajstić information content (AvgIpc) is 3.34. The number of fused-ring (bicyclic) bond motifs is 1. The van der Waals surface area contributed by atoms with Gasteiger partial charge in [0.25, 0.3) is 5.91 Å². The number of anilines is 2. The zero-order valence-electron chi connectivity index (χ0n) is 21.3. The third kappa shape index (κ3) is 5.75. The molecule has 0 atom stereocenters. The lowest BCUT2D eigenvalue weighted by atomic mass is 9.97. The quantitative estimate of drug-likeness (QED) is 0.336. The Bertz CT molecular complexity index is 1410. The van der Waals surface area contributed by atoms with Gasteiger partial charge in [0.15, 0.2) is 11.5 Å². The van der Waals surface area contributed by atoms with Gasteiger partial charge in [-0.1, -0.05) is 0 Å². The number of aryl methyl sites for hydroxylation is 1. The van der Waals surface area contributed by atoms with E-state index in [2.05, 4.69) is 37.3 Å². The van der Waals surface area contributed by atoms with Crippen LogP contribution in [-0.4, -0.2) is 58.5 Å². The molecule has 3 heterocycles. The largest absolute Gasteiger partial charge is 0.435 e. The number of nitrogens with one attached hydrogen (secondary N) is 2. The van der Waals surface area contributed by atoms with Crippen molar-refractivity contribution in [3.63, 3.8) is 0 Å². The molecule has 2 aromatic carbocycles. The molecule has 2 N–H and O–H groups in total. The summed E-state index contributed by atoms with van der Waals surface area (Å²) in [5.41, 5.74) is 4.47. The molecule has 1 aliphatic heterocycles. The number of carbonyl (C=O) groups excluding carboxylic acids is 1. The first-order chi connectivity index (χ1) is 18.4. The van der Waals surface area contributed by atoms with Crippen LogP contribution in [0.25, 0.3) is 16.9 Å². The van der Waals surface area contributed by atoms with Gasteiger partial charge in [-0.2, -0.15) is 8.78 Å². The van der Waals surface area contributed by atoms with E-state index >= 15 is 0 Å². The molecule has 10 heteroatoms. The molecule has 1 aliphatic rings. The van der Waals surface area contributed by atoms with E-state index in [-0.39, 0.29) is 11.7 Å². The molecular formula is C28H30F2N6O2. The SMILES string of the molecule is Cc1cc(Nc2nccn3c(-c4ccc(OC(F)F)cc4)cnc23)ccc1C(=O)NCC1CCN(C)CC1. The maximum atomic E-state index is 12.8. The van der Waals surface area contributed by atoms with Crippen LogP contribution >= 0.6 is 0 Å². The van der Waals surface area contributed by atoms with Gasteiger partial charge in [-0.05, 0) is 93.8 Å². The topological polar surface area (TPSA) is 83.8 Å². The number of halogens is 2. The highest BCUT2D eigenvalue weighted by Gasteiger charge is 2.18. The Morgan fingerprint density at radius 3 is 2.61 bits per heavy atom. The molecule has 1 saturated heterocycles. The number of imidazole rings is 1. The maximum Gasteiger partial charge on any atom is 0.387 e. The minimum absolute atomic E-state index is 0.0592. The van der Waals surface area contributed by atoms with Crippen LogP contribution in [0.15, 0.2) is 61.1 Å². The summed E-state index contributed by atoms with van der Waals surface area (Å²) in [4.78, 5) is 24.1. The molecule has 0 saturated carbocycles. The van der Waals surface area contributed by atoms with Crippen LogP contribution in [-0.2, 0) is 0 Å². The van der Waals surface area contributed by atoms with E-state index in [1.54, 1.807) is 30.7 Å².